The van der Waals surface area contributed by atoms with Crippen molar-refractivity contribution in [1.29, 1.82) is 0 Å². The summed E-state index contributed by atoms with van der Waals surface area (Å²) in [5, 5.41) is 12.4. The van der Waals surface area contributed by atoms with E-state index in [4.69, 9.17) is 4.74 Å². The molecular formula is C23H23FN2O4. The lowest BCUT2D eigenvalue weighted by Crippen LogP contribution is -2.30. The van der Waals surface area contributed by atoms with Crippen LogP contribution in [0.4, 0.5) is 4.39 Å². The maximum Gasteiger partial charge on any atom is 0.239 e. The molecule has 0 saturated carbocycles. The zero-order chi connectivity index (χ0) is 21.3. The standard InChI is InChI=1S/C23H23FN2O4/c24-20-9-5-4-8-18(20)16-30-22-13-26(19(15-27)12-21(22)28)14-23(29)25-11-10-17-6-2-1-3-7-17/h1-9,12-13,27H,10-11,14-16H2,(H,25,29). The van der Waals surface area contributed by atoms with Gasteiger partial charge in [-0.2, -0.15) is 0 Å². The van der Waals surface area contributed by atoms with E-state index in [1.807, 2.05) is 30.3 Å². The van der Waals surface area contributed by atoms with Crippen molar-refractivity contribution in [2.75, 3.05) is 6.54 Å². The second-order valence-corrected chi connectivity index (χ2v) is 6.74. The zero-order valence-corrected chi connectivity index (χ0v) is 16.4. The van der Waals surface area contributed by atoms with Crippen LogP contribution in [-0.4, -0.2) is 22.1 Å². The molecule has 0 fully saturated rings. The van der Waals surface area contributed by atoms with Gasteiger partial charge >= 0.3 is 0 Å². The molecule has 30 heavy (non-hydrogen) atoms. The molecule has 3 rings (SSSR count). The molecule has 0 aliphatic carbocycles. The number of amides is 1. The Balaban J connectivity index is 1.64. The number of carbonyl (C=O) groups excluding carboxylic acids is 1. The number of hydrogen-bond acceptors (Lipinski definition) is 4. The fourth-order valence-corrected chi connectivity index (χ4v) is 2.96. The molecule has 2 N–H and O–H groups in total. The topological polar surface area (TPSA) is 80.6 Å². The highest BCUT2D eigenvalue weighted by molar-refractivity contribution is 5.75. The molecule has 6 nitrogen and oxygen atoms in total. The first-order valence-electron chi connectivity index (χ1n) is 9.58. The second kappa shape index (κ2) is 10.4. The van der Waals surface area contributed by atoms with E-state index in [2.05, 4.69) is 5.32 Å². The number of aliphatic hydroxyl groups is 1. The molecule has 1 heterocycles. The lowest BCUT2D eigenvalue weighted by atomic mass is 10.1. The molecule has 0 saturated heterocycles. The zero-order valence-electron chi connectivity index (χ0n) is 16.4. The number of rotatable bonds is 9. The van der Waals surface area contributed by atoms with E-state index in [1.165, 1.54) is 22.9 Å². The van der Waals surface area contributed by atoms with Gasteiger partial charge in [0.05, 0.1) is 12.8 Å². The van der Waals surface area contributed by atoms with Gasteiger partial charge in [-0.05, 0) is 18.1 Å². The van der Waals surface area contributed by atoms with Gasteiger partial charge in [0.1, 0.15) is 19.0 Å². The molecule has 0 bridgehead atoms. The van der Waals surface area contributed by atoms with Crippen LogP contribution in [-0.2, 0) is 31.0 Å². The van der Waals surface area contributed by atoms with Crippen LogP contribution in [0.3, 0.4) is 0 Å². The highest BCUT2D eigenvalue weighted by Gasteiger charge is 2.11. The Kier molecular flexibility index (Phi) is 7.34. The van der Waals surface area contributed by atoms with Crippen LogP contribution < -0.4 is 15.5 Å². The summed E-state index contributed by atoms with van der Waals surface area (Å²) in [6.45, 7) is -0.140. The Hall–Kier alpha value is -3.45. The molecule has 1 amide bonds. The van der Waals surface area contributed by atoms with Crippen molar-refractivity contribution in [3.8, 4) is 5.75 Å². The summed E-state index contributed by atoms with van der Waals surface area (Å²) in [4.78, 5) is 24.5. The van der Waals surface area contributed by atoms with Crippen molar-refractivity contribution < 1.29 is 19.0 Å². The van der Waals surface area contributed by atoms with Gasteiger partial charge in [0.15, 0.2) is 5.75 Å². The first kappa shape index (κ1) is 21.3. The highest BCUT2D eigenvalue weighted by Crippen LogP contribution is 2.12. The summed E-state index contributed by atoms with van der Waals surface area (Å²) in [7, 11) is 0. The van der Waals surface area contributed by atoms with Gasteiger partial charge in [0, 0.05) is 23.9 Å². The first-order chi connectivity index (χ1) is 14.6. The van der Waals surface area contributed by atoms with Crippen molar-refractivity contribution in [2.24, 2.45) is 0 Å². The van der Waals surface area contributed by atoms with Crippen molar-refractivity contribution >= 4 is 5.91 Å². The predicted molar refractivity (Wildman–Crippen MR) is 111 cm³/mol. The summed E-state index contributed by atoms with van der Waals surface area (Å²) >= 11 is 0. The van der Waals surface area contributed by atoms with E-state index in [0.717, 1.165) is 5.56 Å². The number of halogens is 1. The molecule has 0 aliphatic rings. The average molecular weight is 410 g/mol. The smallest absolute Gasteiger partial charge is 0.239 e. The first-order valence-corrected chi connectivity index (χ1v) is 9.58. The Bertz CT molecular complexity index is 1050. The third kappa shape index (κ3) is 5.78. The van der Waals surface area contributed by atoms with Gasteiger partial charge in [-0.3, -0.25) is 9.59 Å². The van der Waals surface area contributed by atoms with Gasteiger partial charge < -0.3 is 19.7 Å². The van der Waals surface area contributed by atoms with Gasteiger partial charge in [-0.25, -0.2) is 4.39 Å². The van der Waals surface area contributed by atoms with Crippen molar-refractivity contribution in [3.05, 3.63) is 99.7 Å². The number of aromatic nitrogens is 1. The van der Waals surface area contributed by atoms with Crippen molar-refractivity contribution in [3.63, 3.8) is 0 Å². The molecule has 0 radical (unpaired) electrons. The van der Waals surface area contributed by atoms with Crippen LogP contribution in [0.25, 0.3) is 0 Å². The number of ether oxygens (including phenoxy) is 1. The van der Waals surface area contributed by atoms with E-state index in [9.17, 15) is 19.1 Å². The monoisotopic (exact) mass is 410 g/mol. The minimum absolute atomic E-state index is 0.0208. The van der Waals surface area contributed by atoms with Gasteiger partial charge in [-0.1, -0.05) is 48.5 Å². The summed E-state index contributed by atoms with van der Waals surface area (Å²) < 4.78 is 20.7. The Morgan fingerprint density at radius 2 is 1.83 bits per heavy atom. The number of carbonyl (C=O) groups is 1. The second-order valence-electron chi connectivity index (χ2n) is 6.74. The number of hydrogen-bond donors (Lipinski definition) is 2. The predicted octanol–water partition coefficient (Wildman–Crippen LogP) is 2.42. The lowest BCUT2D eigenvalue weighted by molar-refractivity contribution is -0.121. The molecule has 7 heteroatoms. The maximum absolute atomic E-state index is 13.8. The number of pyridine rings is 1. The lowest BCUT2D eigenvalue weighted by Gasteiger charge is -2.14. The fraction of sp³-hybridized carbons (Fsp3) is 0.217. The third-order valence-corrected chi connectivity index (χ3v) is 4.58. The van der Waals surface area contributed by atoms with E-state index in [0.29, 0.717) is 18.5 Å². The summed E-state index contributed by atoms with van der Waals surface area (Å²) in [5.74, 6) is -0.709. The Labute approximate surface area is 173 Å². The van der Waals surface area contributed by atoms with Crippen LogP contribution >= 0.6 is 0 Å². The maximum atomic E-state index is 13.8. The molecule has 0 atom stereocenters. The summed E-state index contributed by atoms with van der Waals surface area (Å²) in [5.41, 5.74) is 1.27. The minimum Gasteiger partial charge on any atom is -0.483 e. The van der Waals surface area contributed by atoms with Crippen LogP contribution in [0.15, 0.2) is 71.7 Å². The van der Waals surface area contributed by atoms with Crippen LogP contribution in [0.1, 0.15) is 16.8 Å². The van der Waals surface area contributed by atoms with E-state index in [1.54, 1.807) is 18.2 Å². The number of nitrogens with one attached hydrogen (secondary N) is 1. The van der Waals surface area contributed by atoms with Gasteiger partial charge in [0.2, 0.25) is 11.3 Å². The van der Waals surface area contributed by atoms with Crippen LogP contribution in [0.5, 0.6) is 5.75 Å². The summed E-state index contributed by atoms with van der Waals surface area (Å²) in [6.07, 6.45) is 2.06. The number of nitrogens with zero attached hydrogens (tertiary/aromatic N) is 1. The van der Waals surface area contributed by atoms with Crippen molar-refractivity contribution in [2.45, 2.75) is 26.2 Å². The molecule has 0 spiro atoms. The van der Waals surface area contributed by atoms with Crippen LogP contribution in [0, 0.1) is 5.82 Å². The SMILES string of the molecule is O=C(Cn1cc(OCc2ccccc2F)c(=O)cc1CO)NCCc1ccccc1. The molecule has 2 aromatic carbocycles. The van der Waals surface area contributed by atoms with E-state index < -0.39 is 17.9 Å². The fourth-order valence-electron chi connectivity index (χ4n) is 2.96. The molecule has 1 aromatic heterocycles. The van der Waals surface area contributed by atoms with Crippen molar-refractivity contribution in [1.82, 2.24) is 9.88 Å². The van der Waals surface area contributed by atoms with Gasteiger partial charge in [-0.15, -0.1) is 0 Å². The highest BCUT2D eigenvalue weighted by atomic mass is 19.1. The molecule has 0 aliphatic heterocycles. The molecule has 156 valence electrons. The largest absolute Gasteiger partial charge is 0.483 e. The average Bonchev–Trinajstić information content (AvgIpc) is 2.75. The Morgan fingerprint density at radius 3 is 2.57 bits per heavy atom. The van der Waals surface area contributed by atoms with E-state index in [-0.39, 0.29) is 30.5 Å². The quantitative estimate of drug-likeness (QED) is 0.568. The van der Waals surface area contributed by atoms with Gasteiger partial charge in [0.25, 0.3) is 0 Å². The normalized spacial score (nSPS) is 10.6. The molecule has 3 aromatic rings. The Morgan fingerprint density at radius 1 is 1.10 bits per heavy atom. The number of benzene rings is 2. The minimum atomic E-state index is -0.448. The third-order valence-electron chi connectivity index (χ3n) is 4.58. The summed E-state index contributed by atoms with van der Waals surface area (Å²) in [6, 6.07) is 17.1. The molecular weight excluding hydrogens is 387 g/mol. The van der Waals surface area contributed by atoms with Crippen LogP contribution in [0.2, 0.25) is 0 Å². The molecule has 0 unspecified atom stereocenters. The number of aliphatic hydroxyl groups excluding tert-OH is 1. The van der Waals surface area contributed by atoms with E-state index >= 15 is 0 Å².